The minimum absolute atomic E-state index is 0.204. The van der Waals surface area contributed by atoms with Crippen LogP contribution in [0.3, 0.4) is 0 Å². The molecule has 0 unspecified atom stereocenters. The van der Waals surface area contributed by atoms with E-state index in [0.717, 1.165) is 41.6 Å². The number of rotatable bonds is 6. The molecule has 0 saturated heterocycles. The first-order valence-corrected chi connectivity index (χ1v) is 11.4. The second-order valence-corrected chi connectivity index (χ2v) is 8.72. The van der Waals surface area contributed by atoms with Crippen molar-refractivity contribution in [1.82, 2.24) is 24.9 Å². The van der Waals surface area contributed by atoms with Gasteiger partial charge in [0.25, 0.3) is 5.56 Å². The molecule has 2 heterocycles. The number of carbonyl (C=O) groups is 1. The van der Waals surface area contributed by atoms with E-state index in [1.165, 1.54) is 23.1 Å². The maximum Gasteiger partial charge on any atom is 0.295 e. The van der Waals surface area contributed by atoms with Crippen molar-refractivity contribution in [2.75, 3.05) is 6.54 Å². The highest BCUT2D eigenvalue weighted by atomic mass is 16.2. The molecule has 7 nitrogen and oxygen atoms in total. The lowest BCUT2D eigenvalue weighted by atomic mass is 9.97. The van der Waals surface area contributed by atoms with E-state index in [9.17, 15) is 9.59 Å². The van der Waals surface area contributed by atoms with Crippen molar-refractivity contribution in [2.45, 2.75) is 65.8 Å². The van der Waals surface area contributed by atoms with Crippen LogP contribution in [0.1, 0.15) is 62.0 Å². The molecule has 1 aromatic carbocycles. The maximum atomic E-state index is 13.2. The number of hydrogen-bond donors (Lipinski definition) is 1. The molecule has 1 amide bonds. The zero-order chi connectivity index (χ0) is 22.8. The molecule has 7 heteroatoms. The molecule has 2 aromatic heterocycles. The molecule has 4 rings (SSSR count). The minimum Gasteiger partial charge on any atom is -0.354 e. The standard InChI is InChI=1S/C25H31N5O2/c1-16-10-12-21(13-11-16)29-18(3)22-17(2)27-30(25(32)23(22)28-29)19(4)24(31)26-15-14-20-8-6-5-7-9-20/h8,10-13,19H,5-7,9,14-15H2,1-4H3,(H,26,31)/t19-/m0/s1. The van der Waals surface area contributed by atoms with Crippen LogP contribution < -0.4 is 10.9 Å². The largest absolute Gasteiger partial charge is 0.354 e. The van der Waals surface area contributed by atoms with Crippen molar-refractivity contribution in [2.24, 2.45) is 0 Å². The molecular weight excluding hydrogens is 402 g/mol. The predicted octanol–water partition coefficient (Wildman–Crippen LogP) is 4.08. The molecule has 1 aliphatic rings. The highest BCUT2D eigenvalue weighted by molar-refractivity contribution is 5.84. The summed E-state index contributed by atoms with van der Waals surface area (Å²) in [4.78, 5) is 26.0. The number of carbonyl (C=O) groups excluding carboxylic acids is 1. The summed E-state index contributed by atoms with van der Waals surface area (Å²) in [6.07, 6.45) is 7.87. The highest BCUT2D eigenvalue weighted by Crippen LogP contribution is 2.22. The summed E-state index contributed by atoms with van der Waals surface area (Å²) in [5.41, 5.74) is 4.98. The van der Waals surface area contributed by atoms with Gasteiger partial charge in [-0.2, -0.15) is 10.2 Å². The van der Waals surface area contributed by atoms with Gasteiger partial charge in [0.15, 0.2) is 5.52 Å². The molecule has 0 aliphatic heterocycles. The number of hydrogen-bond acceptors (Lipinski definition) is 4. The first kappa shape index (κ1) is 22.0. The Morgan fingerprint density at radius 2 is 1.88 bits per heavy atom. The summed E-state index contributed by atoms with van der Waals surface area (Å²) in [6.45, 7) is 8.10. The Bertz CT molecular complexity index is 1230. The maximum absolute atomic E-state index is 13.2. The Hall–Kier alpha value is -3.22. The fourth-order valence-electron chi connectivity index (χ4n) is 4.39. The van der Waals surface area contributed by atoms with Gasteiger partial charge in [0, 0.05) is 6.54 Å². The lowest BCUT2D eigenvalue weighted by Crippen LogP contribution is -2.38. The number of aromatic nitrogens is 4. The van der Waals surface area contributed by atoms with Gasteiger partial charge in [-0.15, -0.1) is 0 Å². The molecule has 0 bridgehead atoms. The summed E-state index contributed by atoms with van der Waals surface area (Å²) in [6, 6.07) is 7.28. The van der Waals surface area contributed by atoms with E-state index in [2.05, 4.69) is 21.6 Å². The second-order valence-electron chi connectivity index (χ2n) is 8.72. The molecule has 0 saturated carbocycles. The van der Waals surface area contributed by atoms with Gasteiger partial charge in [-0.25, -0.2) is 9.36 Å². The van der Waals surface area contributed by atoms with Gasteiger partial charge >= 0.3 is 0 Å². The van der Waals surface area contributed by atoms with Crippen LogP contribution in [0.2, 0.25) is 0 Å². The minimum atomic E-state index is -0.712. The van der Waals surface area contributed by atoms with Crippen LogP contribution in [0.4, 0.5) is 0 Å². The highest BCUT2D eigenvalue weighted by Gasteiger charge is 2.23. The van der Waals surface area contributed by atoms with Gasteiger partial charge in [-0.1, -0.05) is 29.3 Å². The summed E-state index contributed by atoms with van der Waals surface area (Å²) in [7, 11) is 0. The van der Waals surface area contributed by atoms with Crippen molar-refractivity contribution in [3.8, 4) is 5.69 Å². The monoisotopic (exact) mass is 433 g/mol. The summed E-state index contributed by atoms with van der Waals surface area (Å²) in [5, 5.41) is 12.8. The van der Waals surface area contributed by atoms with Crippen molar-refractivity contribution in [1.29, 1.82) is 0 Å². The van der Waals surface area contributed by atoms with Crippen LogP contribution in [0, 0.1) is 20.8 Å². The third-order valence-corrected chi connectivity index (χ3v) is 6.30. The number of allylic oxidation sites excluding steroid dienone is 1. The molecule has 3 aromatic rings. The van der Waals surface area contributed by atoms with E-state index in [1.807, 2.05) is 45.0 Å². The Kier molecular flexibility index (Phi) is 6.26. The first-order chi connectivity index (χ1) is 15.4. The van der Waals surface area contributed by atoms with Crippen LogP contribution in [-0.4, -0.2) is 32.0 Å². The molecule has 1 aliphatic carbocycles. The van der Waals surface area contributed by atoms with Gasteiger partial charge < -0.3 is 5.32 Å². The Morgan fingerprint density at radius 3 is 2.56 bits per heavy atom. The first-order valence-electron chi connectivity index (χ1n) is 11.4. The summed E-state index contributed by atoms with van der Waals surface area (Å²) in [5.74, 6) is -0.204. The average molecular weight is 434 g/mol. The fourth-order valence-corrected chi connectivity index (χ4v) is 4.39. The van der Waals surface area contributed by atoms with E-state index in [-0.39, 0.29) is 11.5 Å². The van der Waals surface area contributed by atoms with Crippen LogP contribution in [-0.2, 0) is 4.79 Å². The van der Waals surface area contributed by atoms with Gasteiger partial charge in [0.1, 0.15) is 6.04 Å². The van der Waals surface area contributed by atoms with E-state index in [4.69, 9.17) is 0 Å². The average Bonchev–Trinajstić information content (AvgIpc) is 3.15. The van der Waals surface area contributed by atoms with Crippen LogP contribution in [0.15, 0.2) is 40.7 Å². The van der Waals surface area contributed by atoms with Crippen molar-refractivity contribution < 1.29 is 4.79 Å². The number of nitrogens with zero attached hydrogens (tertiary/aromatic N) is 4. The van der Waals surface area contributed by atoms with Crippen molar-refractivity contribution in [3.63, 3.8) is 0 Å². The number of aryl methyl sites for hydroxylation is 3. The topological polar surface area (TPSA) is 81.8 Å². The SMILES string of the molecule is Cc1ccc(-n2nc3c(=O)n([C@@H](C)C(=O)NCCC4=CCCCC4)nc(C)c3c2C)cc1. The number of benzene rings is 1. The van der Waals surface area contributed by atoms with Crippen LogP contribution >= 0.6 is 0 Å². The molecule has 1 N–H and O–H groups in total. The molecular formula is C25H31N5O2. The predicted molar refractivity (Wildman–Crippen MR) is 126 cm³/mol. The molecule has 0 fully saturated rings. The molecule has 0 spiro atoms. The van der Waals surface area contributed by atoms with Gasteiger partial charge in [-0.3, -0.25) is 9.59 Å². The molecule has 168 valence electrons. The quantitative estimate of drug-likeness (QED) is 0.594. The Labute approximate surface area is 188 Å². The lowest BCUT2D eigenvalue weighted by Gasteiger charge is -2.16. The lowest BCUT2D eigenvalue weighted by molar-refractivity contribution is -0.124. The molecule has 1 atom stereocenters. The van der Waals surface area contributed by atoms with E-state index >= 15 is 0 Å². The Balaban J connectivity index is 1.59. The zero-order valence-electron chi connectivity index (χ0n) is 19.3. The molecule has 32 heavy (non-hydrogen) atoms. The normalized spacial score (nSPS) is 14.9. The number of amides is 1. The van der Waals surface area contributed by atoms with Gasteiger partial charge in [-0.05, 0) is 71.9 Å². The molecule has 0 radical (unpaired) electrons. The van der Waals surface area contributed by atoms with Crippen LogP contribution in [0.5, 0.6) is 0 Å². The van der Waals surface area contributed by atoms with E-state index in [1.54, 1.807) is 11.6 Å². The van der Waals surface area contributed by atoms with Gasteiger partial charge in [0.05, 0.1) is 22.5 Å². The van der Waals surface area contributed by atoms with E-state index in [0.29, 0.717) is 17.8 Å². The third kappa shape index (κ3) is 4.24. The zero-order valence-corrected chi connectivity index (χ0v) is 19.3. The fraction of sp³-hybridized carbons (Fsp3) is 0.440. The summed E-state index contributed by atoms with van der Waals surface area (Å²) < 4.78 is 3.03. The Morgan fingerprint density at radius 1 is 1.12 bits per heavy atom. The smallest absolute Gasteiger partial charge is 0.295 e. The summed E-state index contributed by atoms with van der Waals surface area (Å²) >= 11 is 0. The second kappa shape index (κ2) is 9.10. The number of fused-ring (bicyclic) bond motifs is 1. The van der Waals surface area contributed by atoms with Gasteiger partial charge in [0.2, 0.25) is 5.91 Å². The number of nitrogens with one attached hydrogen (secondary N) is 1. The van der Waals surface area contributed by atoms with Crippen molar-refractivity contribution in [3.05, 3.63) is 63.2 Å². The van der Waals surface area contributed by atoms with Crippen molar-refractivity contribution >= 4 is 16.8 Å². The van der Waals surface area contributed by atoms with E-state index < -0.39 is 6.04 Å². The third-order valence-electron chi connectivity index (χ3n) is 6.30. The van der Waals surface area contributed by atoms with Crippen LogP contribution in [0.25, 0.3) is 16.6 Å².